The molecule has 0 saturated carbocycles. The van der Waals surface area contributed by atoms with Crippen LogP contribution in [0.25, 0.3) is 0 Å². The Bertz CT molecular complexity index is 911. The molecule has 0 bridgehead atoms. The molecule has 2 N–H and O–H groups in total. The highest BCUT2D eigenvalue weighted by Crippen LogP contribution is 2.27. The summed E-state index contributed by atoms with van der Waals surface area (Å²) in [5, 5.41) is 6.03. The van der Waals surface area contributed by atoms with E-state index in [1.54, 1.807) is 6.07 Å². The summed E-state index contributed by atoms with van der Waals surface area (Å²) >= 11 is 0. The van der Waals surface area contributed by atoms with Crippen molar-refractivity contribution in [1.29, 1.82) is 0 Å². The van der Waals surface area contributed by atoms with E-state index in [2.05, 4.69) is 10.6 Å². The van der Waals surface area contributed by atoms with E-state index < -0.39 is 15.9 Å². The number of carbonyl (C=O) groups excluding carboxylic acids is 1. The molecule has 0 fully saturated rings. The molecule has 27 heavy (non-hydrogen) atoms. The van der Waals surface area contributed by atoms with Crippen LogP contribution in [-0.2, 0) is 16.6 Å². The zero-order valence-electron chi connectivity index (χ0n) is 15.9. The first-order valence-corrected chi connectivity index (χ1v) is 9.95. The summed E-state index contributed by atoms with van der Waals surface area (Å²) in [5.74, 6) is -0.207. The summed E-state index contributed by atoms with van der Waals surface area (Å²) in [6, 6.07) is 11.8. The lowest BCUT2D eigenvalue weighted by Crippen LogP contribution is -2.23. The molecule has 2 aromatic rings. The van der Waals surface area contributed by atoms with Crippen molar-refractivity contribution < 1.29 is 17.9 Å². The molecule has 0 saturated heterocycles. The smallest absolute Gasteiger partial charge is 0.255 e. The first-order valence-electron chi connectivity index (χ1n) is 8.51. The van der Waals surface area contributed by atoms with Gasteiger partial charge in [0.15, 0.2) is 0 Å². The van der Waals surface area contributed by atoms with Gasteiger partial charge in [-0.3, -0.25) is 4.79 Å². The number of nitrogens with one attached hydrogen (secondary N) is 2. The van der Waals surface area contributed by atoms with Crippen molar-refractivity contribution in [1.82, 2.24) is 9.62 Å². The highest BCUT2D eigenvalue weighted by molar-refractivity contribution is 7.89. The van der Waals surface area contributed by atoms with Gasteiger partial charge in [-0.25, -0.2) is 12.7 Å². The summed E-state index contributed by atoms with van der Waals surface area (Å²) in [5.41, 5.74) is 1.91. The van der Waals surface area contributed by atoms with E-state index in [4.69, 9.17) is 4.74 Å². The Kier molecular flexibility index (Phi) is 6.95. The molecule has 2 aromatic carbocycles. The zero-order chi connectivity index (χ0) is 20.0. The molecule has 146 valence electrons. The monoisotopic (exact) mass is 391 g/mol. The van der Waals surface area contributed by atoms with Crippen molar-refractivity contribution >= 4 is 21.6 Å². The number of amides is 1. The van der Waals surface area contributed by atoms with Gasteiger partial charge in [-0.1, -0.05) is 19.1 Å². The number of ether oxygens (including phenoxy) is 1. The Morgan fingerprint density at radius 1 is 1.15 bits per heavy atom. The Morgan fingerprint density at radius 2 is 1.89 bits per heavy atom. The van der Waals surface area contributed by atoms with E-state index in [0.717, 1.165) is 16.4 Å². The SMILES string of the molecule is CCNCc1cccc(NC(=O)c2ccc(OC)c(S(=O)(=O)N(C)C)c2)c1. The van der Waals surface area contributed by atoms with Gasteiger partial charge in [0.25, 0.3) is 5.91 Å². The molecule has 7 nitrogen and oxygen atoms in total. The predicted octanol–water partition coefficient (Wildman–Crippen LogP) is 2.31. The third-order valence-corrected chi connectivity index (χ3v) is 5.78. The van der Waals surface area contributed by atoms with E-state index in [0.29, 0.717) is 12.2 Å². The number of hydrogen-bond donors (Lipinski definition) is 2. The van der Waals surface area contributed by atoms with Gasteiger partial charge in [-0.2, -0.15) is 0 Å². The Labute approximate surface area is 160 Å². The lowest BCUT2D eigenvalue weighted by Gasteiger charge is -2.15. The number of hydrogen-bond acceptors (Lipinski definition) is 5. The lowest BCUT2D eigenvalue weighted by molar-refractivity contribution is 0.102. The van der Waals surface area contributed by atoms with Gasteiger partial charge in [0.05, 0.1) is 7.11 Å². The number of methoxy groups -OCH3 is 1. The molecular formula is C19H25N3O4S. The van der Waals surface area contributed by atoms with Gasteiger partial charge in [0.1, 0.15) is 10.6 Å². The summed E-state index contributed by atoms with van der Waals surface area (Å²) in [6.45, 7) is 3.58. The largest absolute Gasteiger partial charge is 0.495 e. The van der Waals surface area contributed by atoms with Crippen LogP contribution in [-0.4, -0.2) is 46.4 Å². The fraction of sp³-hybridized carbons (Fsp3) is 0.316. The Morgan fingerprint density at radius 3 is 2.52 bits per heavy atom. The van der Waals surface area contributed by atoms with Crippen LogP contribution >= 0.6 is 0 Å². The van der Waals surface area contributed by atoms with E-state index >= 15 is 0 Å². The van der Waals surface area contributed by atoms with E-state index in [1.165, 1.54) is 39.4 Å². The topological polar surface area (TPSA) is 87.7 Å². The molecule has 0 aromatic heterocycles. The van der Waals surface area contributed by atoms with E-state index in [-0.39, 0.29) is 16.2 Å². The minimum absolute atomic E-state index is 0.0523. The number of carbonyl (C=O) groups is 1. The zero-order valence-corrected chi connectivity index (χ0v) is 16.8. The van der Waals surface area contributed by atoms with Crippen LogP contribution in [0, 0.1) is 0 Å². The van der Waals surface area contributed by atoms with Crippen LogP contribution in [0.4, 0.5) is 5.69 Å². The molecule has 0 aliphatic carbocycles. The molecule has 1 amide bonds. The van der Waals surface area contributed by atoms with Crippen molar-refractivity contribution in [2.75, 3.05) is 33.1 Å². The second-order valence-corrected chi connectivity index (χ2v) is 8.21. The molecule has 8 heteroatoms. The second kappa shape index (κ2) is 8.98. The summed E-state index contributed by atoms with van der Waals surface area (Å²) in [6.07, 6.45) is 0. The molecule has 0 aliphatic heterocycles. The fourth-order valence-electron chi connectivity index (χ4n) is 2.45. The van der Waals surface area contributed by atoms with Gasteiger partial charge >= 0.3 is 0 Å². The molecule has 0 heterocycles. The third kappa shape index (κ3) is 5.06. The highest BCUT2D eigenvalue weighted by Gasteiger charge is 2.24. The molecule has 0 atom stereocenters. The quantitative estimate of drug-likeness (QED) is 0.721. The first kappa shape index (κ1) is 20.9. The Hall–Kier alpha value is -2.42. The molecule has 0 radical (unpaired) electrons. The van der Waals surface area contributed by atoms with Crippen molar-refractivity contribution in [2.45, 2.75) is 18.4 Å². The van der Waals surface area contributed by atoms with E-state index in [9.17, 15) is 13.2 Å². The van der Waals surface area contributed by atoms with Crippen LogP contribution in [0.3, 0.4) is 0 Å². The number of anilines is 1. The van der Waals surface area contributed by atoms with Gasteiger partial charge in [0, 0.05) is 31.9 Å². The van der Waals surface area contributed by atoms with Crippen molar-refractivity contribution in [2.24, 2.45) is 0 Å². The van der Waals surface area contributed by atoms with Crippen LogP contribution in [0.15, 0.2) is 47.4 Å². The molecule has 0 unspecified atom stereocenters. The van der Waals surface area contributed by atoms with Crippen molar-refractivity contribution in [3.8, 4) is 5.75 Å². The predicted molar refractivity (Wildman–Crippen MR) is 106 cm³/mol. The van der Waals surface area contributed by atoms with E-state index in [1.807, 2.05) is 25.1 Å². The summed E-state index contributed by atoms with van der Waals surface area (Å²) < 4.78 is 31.2. The highest BCUT2D eigenvalue weighted by atomic mass is 32.2. The molecule has 2 rings (SSSR count). The minimum Gasteiger partial charge on any atom is -0.495 e. The van der Waals surface area contributed by atoms with Crippen LogP contribution in [0.1, 0.15) is 22.8 Å². The van der Waals surface area contributed by atoms with Crippen LogP contribution in [0.5, 0.6) is 5.75 Å². The first-order chi connectivity index (χ1) is 12.8. The number of rotatable bonds is 8. The van der Waals surface area contributed by atoms with Crippen molar-refractivity contribution in [3.63, 3.8) is 0 Å². The maximum Gasteiger partial charge on any atom is 0.255 e. The van der Waals surface area contributed by atoms with Gasteiger partial charge < -0.3 is 15.4 Å². The third-order valence-electron chi connectivity index (χ3n) is 3.95. The van der Waals surface area contributed by atoms with Gasteiger partial charge in [0.2, 0.25) is 10.0 Å². The Balaban J connectivity index is 2.29. The number of benzene rings is 2. The van der Waals surface area contributed by atoms with Crippen LogP contribution < -0.4 is 15.4 Å². The maximum absolute atomic E-state index is 12.6. The second-order valence-electron chi connectivity index (χ2n) is 6.09. The number of nitrogens with zero attached hydrogens (tertiary/aromatic N) is 1. The molecular weight excluding hydrogens is 366 g/mol. The molecule has 0 aliphatic rings. The molecule has 0 spiro atoms. The van der Waals surface area contributed by atoms with Crippen molar-refractivity contribution in [3.05, 3.63) is 53.6 Å². The fourth-order valence-corrected chi connectivity index (χ4v) is 3.52. The summed E-state index contributed by atoms with van der Waals surface area (Å²) in [4.78, 5) is 12.6. The van der Waals surface area contributed by atoms with Crippen LogP contribution in [0.2, 0.25) is 0 Å². The number of sulfonamides is 1. The standard InChI is InChI=1S/C19H25N3O4S/c1-5-20-13-14-7-6-8-16(11-14)21-19(23)15-9-10-17(26-4)18(12-15)27(24,25)22(2)3/h6-12,20H,5,13H2,1-4H3,(H,21,23). The lowest BCUT2D eigenvalue weighted by atomic mass is 10.1. The summed E-state index contributed by atoms with van der Waals surface area (Å²) in [7, 11) is 0.499. The normalized spacial score (nSPS) is 11.4. The average Bonchev–Trinajstić information content (AvgIpc) is 2.65. The minimum atomic E-state index is -3.75. The van der Waals surface area contributed by atoms with Gasteiger partial charge in [-0.05, 0) is 42.4 Å². The average molecular weight is 391 g/mol. The van der Waals surface area contributed by atoms with Gasteiger partial charge in [-0.15, -0.1) is 0 Å². The maximum atomic E-state index is 12.6.